The van der Waals surface area contributed by atoms with Crippen molar-refractivity contribution < 1.29 is 4.79 Å². The number of thiol groups is 1. The van der Waals surface area contributed by atoms with Crippen LogP contribution >= 0.6 is 12.6 Å². The fraction of sp³-hybridized carbons (Fsp3) is 0.345. The van der Waals surface area contributed by atoms with Gasteiger partial charge in [0.2, 0.25) is 5.91 Å². The van der Waals surface area contributed by atoms with E-state index >= 15 is 0 Å². The average molecular weight is 514 g/mol. The minimum Gasteiger partial charge on any atom is -0.357 e. The van der Waals surface area contributed by atoms with E-state index in [2.05, 4.69) is 28.5 Å². The number of hydrogen-bond donors (Lipinski definition) is 3. The Hall–Kier alpha value is -3.36. The van der Waals surface area contributed by atoms with Crippen LogP contribution in [0.1, 0.15) is 59.8 Å². The van der Waals surface area contributed by atoms with Gasteiger partial charge in [0.05, 0.1) is 16.9 Å². The molecule has 1 unspecified atom stereocenters. The van der Waals surface area contributed by atoms with Gasteiger partial charge >= 0.3 is 0 Å². The van der Waals surface area contributed by atoms with Gasteiger partial charge in [0, 0.05) is 49.6 Å². The lowest BCUT2D eigenvalue weighted by Gasteiger charge is -2.35. The molecule has 3 heterocycles. The van der Waals surface area contributed by atoms with Crippen molar-refractivity contribution in [2.45, 2.75) is 49.9 Å². The number of benzene rings is 2. The smallest absolute Gasteiger partial charge is 0.264 e. The standard InChI is InChI=1S/C29H31N5O2S/c35-25(13-15-30-18-21-17-20-7-4-5-12-23(20)31-21)33-16-14-24-26(29(33)37)28(36)34(22-10-2-1-3-11-22)27(32-24)19-8-6-9-19/h1-5,7,10-12,17,19,29-31,37H,6,8-9,13-16,18H2. The van der Waals surface area contributed by atoms with Gasteiger partial charge in [-0.3, -0.25) is 14.2 Å². The monoisotopic (exact) mass is 513 g/mol. The van der Waals surface area contributed by atoms with E-state index in [0.717, 1.165) is 47.7 Å². The molecule has 190 valence electrons. The number of H-pyrrole nitrogens is 1. The third kappa shape index (κ3) is 4.60. The van der Waals surface area contributed by atoms with Crippen LogP contribution in [0.3, 0.4) is 0 Å². The normalized spacial score (nSPS) is 17.5. The van der Waals surface area contributed by atoms with Gasteiger partial charge in [-0.1, -0.05) is 42.8 Å². The molecule has 0 bridgehead atoms. The maximum absolute atomic E-state index is 13.9. The highest BCUT2D eigenvalue weighted by Crippen LogP contribution is 2.38. The summed E-state index contributed by atoms with van der Waals surface area (Å²) in [6.07, 6.45) is 4.19. The summed E-state index contributed by atoms with van der Waals surface area (Å²) < 4.78 is 1.75. The predicted octanol–water partition coefficient (Wildman–Crippen LogP) is 4.47. The molecule has 7 nitrogen and oxygen atoms in total. The van der Waals surface area contributed by atoms with Gasteiger partial charge in [-0.15, -0.1) is 12.6 Å². The van der Waals surface area contributed by atoms with E-state index in [-0.39, 0.29) is 11.5 Å². The number of nitrogens with one attached hydrogen (secondary N) is 2. The number of amides is 1. The molecule has 37 heavy (non-hydrogen) atoms. The van der Waals surface area contributed by atoms with Crippen LogP contribution in [0, 0.1) is 0 Å². The Labute approximate surface area is 221 Å². The van der Waals surface area contributed by atoms with Gasteiger partial charge in [-0.25, -0.2) is 4.98 Å². The fourth-order valence-corrected chi connectivity index (χ4v) is 5.87. The van der Waals surface area contributed by atoms with Gasteiger partial charge in [0.1, 0.15) is 11.2 Å². The number of aromatic amines is 1. The van der Waals surface area contributed by atoms with Crippen LogP contribution in [0.4, 0.5) is 0 Å². The van der Waals surface area contributed by atoms with Crippen molar-refractivity contribution in [2.75, 3.05) is 13.1 Å². The first-order valence-corrected chi connectivity index (χ1v) is 13.6. The first-order chi connectivity index (χ1) is 18.1. The van der Waals surface area contributed by atoms with Gasteiger partial charge in [-0.2, -0.15) is 0 Å². The third-order valence-corrected chi connectivity index (χ3v) is 8.12. The molecule has 1 aliphatic heterocycles. The Morgan fingerprint density at radius 3 is 2.65 bits per heavy atom. The van der Waals surface area contributed by atoms with Crippen LogP contribution in [0.5, 0.6) is 0 Å². The molecule has 2 aliphatic rings. The minimum atomic E-state index is -0.602. The zero-order chi connectivity index (χ0) is 25.4. The summed E-state index contributed by atoms with van der Waals surface area (Å²) in [5, 5.41) is 3.93. The number of carbonyl (C=O) groups is 1. The van der Waals surface area contributed by atoms with E-state index in [0.29, 0.717) is 44.0 Å². The Balaban J connectivity index is 1.17. The molecular weight excluding hydrogens is 482 g/mol. The molecule has 4 aromatic rings. The second-order valence-electron chi connectivity index (χ2n) is 9.95. The number of fused-ring (bicyclic) bond motifs is 2. The second-order valence-corrected chi connectivity index (χ2v) is 10.4. The molecule has 1 amide bonds. The molecule has 0 radical (unpaired) electrons. The van der Waals surface area contributed by atoms with Crippen LogP contribution in [0.25, 0.3) is 16.6 Å². The van der Waals surface area contributed by atoms with E-state index in [1.807, 2.05) is 42.5 Å². The van der Waals surface area contributed by atoms with Gasteiger partial charge in [-0.05, 0) is 42.5 Å². The Morgan fingerprint density at radius 2 is 1.89 bits per heavy atom. The van der Waals surface area contributed by atoms with E-state index < -0.39 is 5.37 Å². The molecule has 1 saturated carbocycles. The van der Waals surface area contributed by atoms with Crippen LogP contribution < -0.4 is 10.9 Å². The predicted molar refractivity (Wildman–Crippen MR) is 148 cm³/mol. The molecule has 0 spiro atoms. The summed E-state index contributed by atoms with van der Waals surface area (Å²) in [6.45, 7) is 1.73. The maximum Gasteiger partial charge on any atom is 0.264 e. The summed E-state index contributed by atoms with van der Waals surface area (Å²) in [7, 11) is 0. The number of para-hydroxylation sites is 2. The van der Waals surface area contributed by atoms with E-state index in [9.17, 15) is 9.59 Å². The largest absolute Gasteiger partial charge is 0.357 e. The van der Waals surface area contributed by atoms with E-state index in [4.69, 9.17) is 17.6 Å². The molecular formula is C29H31N5O2S. The molecule has 6 rings (SSSR count). The van der Waals surface area contributed by atoms with Gasteiger partial charge in [0.25, 0.3) is 5.56 Å². The quantitative estimate of drug-likeness (QED) is 0.252. The highest BCUT2D eigenvalue weighted by atomic mass is 32.1. The average Bonchev–Trinajstić information content (AvgIpc) is 3.29. The summed E-state index contributed by atoms with van der Waals surface area (Å²) in [5.41, 5.74) is 4.22. The molecule has 8 heteroatoms. The van der Waals surface area contributed by atoms with Crippen molar-refractivity contribution in [2.24, 2.45) is 0 Å². The van der Waals surface area contributed by atoms with Crippen LogP contribution in [0.15, 0.2) is 65.5 Å². The first-order valence-electron chi connectivity index (χ1n) is 13.1. The number of aromatic nitrogens is 3. The Kier molecular flexibility index (Phi) is 6.61. The van der Waals surface area contributed by atoms with Crippen molar-refractivity contribution in [3.63, 3.8) is 0 Å². The SMILES string of the molecule is O=C(CCNCc1cc2ccccc2[nH]1)N1CCc2nc(C3CCC3)n(-c3ccccc3)c(=O)c2C1S. The topological polar surface area (TPSA) is 83.0 Å². The number of rotatable bonds is 7. The van der Waals surface area contributed by atoms with Crippen LogP contribution in [0.2, 0.25) is 0 Å². The molecule has 1 atom stereocenters. The van der Waals surface area contributed by atoms with Gasteiger partial charge in [0.15, 0.2) is 0 Å². The molecule has 1 fully saturated rings. The Bertz CT molecular complexity index is 1460. The molecule has 2 aromatic heterocycles. The van der Waals surface area contributed by atoms with Crippen LogP contribution in [-0.4, -0.2) is 38.4 Å². The van der Waals surface area contributed by atoms with E-state index in [1.54, 1.807) is 9.47 Å². The lowest BCUT2D eigenvalue weighted by Crippen LogP contribution is -2.44. The molecule has 0 saturated heterocycles. The lowest BCUT2D eigenvalue weighted by atomic mass is 9.84. The summed E-state index contributed by atoms with van der Waals surface area (Å²) in [4.78, 5) is 37.2. The highest BCUT2D eigenvalue weighted by Gasteiger charge is 2.35. The highest BCUT2D eigenvalue weighted by molar-refractivity contribution is 7.80. The van der Waals surface area contributed by atoms with Crippen molar-refractivity contribution >= 4 is 29.4 Å². The van der Waals surface area contributed by atoms with E-state index in [1.165, 1.54) is 5.39 Å². The van der Waals surface area contributed by atoms with Crippen molar-refractivity contribution in [1.82, 2.24) is 24.8 Å². The lowest BCUT2D eigenvalue weighted by molar-refractivity contribution is -0.132. The molecule has 1 aliphatic carbocycles. The minimum absolute atomic E-state index is 0.0106. The second kappa shape index (κ2) is 10.2. The van der Waals surface area contributed by atoms with Crippen molar-refractivity contribution in [3.05, 3.63) is 93.8 Å². The molecule has 2 N–H and O–H groups in total. The summed E-state index contributed by atoms with van der Waals surface area (Å²) >= 11 is 4.78. The van der Waals surface area contributed by atoms with Gasteiger partial charge < -0.3 is 15.2 Å². The zero-order valence-corrected chi connectivity index (χ0v) is 21.6. The molecule has 2 aromatic carbocycles. The fourth-order valence-electron chi connectivity index (χ4n) is 5.37. The Morgan fingerprint density at radius 1 is 1.11 bits per heavy atom. The third-order valence-electron chi connectivity index (χ3n) is 7.59. The maximum atomic E-state index is 13.9. The number of nitrogens with zero attached hydrogens (tertiary/aromatic N) is 3. The number of carbonyl (C=O) groups excluding carboxylic acids is 1. The zero-order valence-electron chi connectivity index (χ0n) is 20.7. The summed E-state index contributed by atoms with van der Waals surface area (Å²) in [6, 6.07) is 20.0. The van der Waals surface area contributed by atoms with Crippen molar-refractivity contribution in [3.8, 4) is 5.69 Å². The summed E-state index contributed by atoms with van der Waals surface area (Å²) in [5.74, 6) is 1.14. The first kappa shape index (κ1) is 24.0. The van der Waals surface area contributed by atoms with Crippen molar-refractivity contribution in [1.29, 1.82) is 0 Å². The van der Waals surface area contributed by atoms with Crippen LogP contribution in [-0.2, 0) is 17.8 Å². The number of hydrogen-bond acceptors (Lipinski definition) is 5.